The molecule has 0 aliphatic heterocycles. The maximum atomic E-state index is 12.4. The Morgan fingerprint density at radius 3 is 2.36 bits per heavy atom. The van der Waals surface area contributed by atoms with Crippen molar-refractivity contribution in [3.05, 3.63) is 0 Å². The molecule has 1 unspecified atom stereocenters. The van der Waals surface area contributed by atoms with Gasteiger partial charge in [-0.15, -0.1) is 0 Å². The molecule has 0 aromatic carbocycles. The molecule has 0 aromatic heterocycles. The van der Waals surface area contributed by atoms with Crippen molar-refractivity contribution in [2.75, 3.05) is 13.2 Å². The number of alkyl halides is 2. The van der Waals surface area contributed by atoms with E-state index in [1.54, 1.807) is 5.32 Å². The number of rotatable bonds is 5. The van der Waals surface area contributed by atoms with Gasteiger partial charge in [-0.2, -0.15) is 0 Å². The number of hydrogen-bond donors (Lipinski definition) is 3. The lowest BCUT2D eigenvalue weighted by Gasteiger charge is -2.14. The molecule has 5 nitrogen and oxygen atoms in total. The average Bonchev–Trinajstić information content (AvgIpc) is 2.13. The molecule has 0 fully saturated rings. The van der Waals surface area contributed by atoms with E-state index in [2.05, 4.69) is 0 Å². The summed E-state index contributed by atoms with van der Waals surface area (Å²) < 4.78 is 24.7. The van der Waals surface area contributed by atoms with Crippen LogP contribution in [-0.2, 0) is 9.59 Å². The SMILES string of the molecule is CC(C(=O)O)C(=O)NCC(F)(F)CO. The van der Waals surface area contributed by atoms with Crippen LogP contribution >= 0.6 is 0 Å². The number of carboxylic acids is 1. The molecular formula is C7H11F2NO4. The number of hydrogen-bond acceptors (Lipinski definition) is 3. The second-order valence-electron chi connectivity index (χ2n) is 2.79. The highest BCUT2D eigenvalue weighted by Gasteiger charge is 2.30. The van der Waals surface area contributed by atoms with Gasteiger partial charge in [0.05, 0.1) is 6.54 Å². The van der Waals surface area contributed by atoms with Crippen LogP contribution in [0.25, 0.3) is 0 Å². The number of aliphatic carboxylic acids is 1. The van der Waals surface area contributed by atoms with Crippen molar-refractivity contribution in [2.45, 2.75) is 12.8 Å². The molecule has 0 heterocycles. The first-order chi connectivity index (χ1) is 6.30. The van der Waals surface area contributed by atoms with Gasteiger partial charge in [0.15, 0.2) is 0 Å². The van der Waals surface area contributed by atoms with Crippen LogP contribution in [0.3, 0.4) is 0 Å². The average molecular weight is 211 g/mol. The Labute approximate surface area is 78.7 Å². The molecule has 0 rings (SSSR count). The van der Waals surface area contributed by atoms with E-state index in [0.29, 0.717) is 0 Å². The van der Waals surface area contributed by atoms with Crippen LogP contribution in [0, 0.1) is 5.92 Å². The summed E-state index contributed by atoms with van der Waals surface area (Å²) in [5.74, 6) is -7.21. The highest BCUT2D eigenvalue weighted by molar-refractivity contribution is 5.96. The number of amides is 1. The van der Waals surface area contributed by atoms with Gasteiger partial charge < -0.3 is 15.5 Å². The fraction of sp³-hybridized carbons (Fsp3) is 0.714. The van der Waals surface area contributed by atoms with E-state index in [4.69, 9.17) is 10.2 Å². The minimum atomic E-state index is -3.42. The predicted octanol–water partition coefficient (Wildman–Crippen LogP) is -0.549. The Morgan fingerprint density at radius 2 is 2.00 bits per heavy atom. The van der Waals surface area contributed by atoms with Crippen LogP contribution in [0.1, 0.15) is 6.92 Å². The fourth-order valence-corrected chi connectivity index (χ4v) is 0.538. The Kier molecular flexibility index (Phi) is 4.42. The number of aliphatic hydroxyl groups is 1. The van der Waals surface area contributed by atoms with Crippen LogP contribution < -0.4 is 5.32 Å². The van der Waals surface area contributed by atoms with E-state index in [0.717, 1.165) is 6.92 Å². The minimum Gasteiger partial charge on any atom is -0.481 e. The molecule has 0 aliphatic carbocycles. The molecule has 1 amide bonds. The zero-order valence-corrected chi connectivity index (χ0v) is 7.46. The van der Waals surface area contributed by atoms with Crippen molar-refractivity contribution in [3.8, 4) is 0 Å². The lowest BCUT2D eigenvalue weighted by atomic mass is 10.1. The monoisotopic (exact) mass is 211 g/mol. The molecule has 82 valence electrons. The van der Waals surface area contributed by atoms with Gasteiger partial charge in [-0.05, 0) is 6.92 Å². The lowest BCUT2D eigenvalue weighted by Crippen LogP contribution is -2.42. The number of carbonyl (C=O) groups is 2. The van der Waals surface area contributed by atoms with Crippen molar-refractivity contribution in [2.24, 2.45) is 5.92 Å². The van der Waals surface area contributed by atoms with E-state index in [-0.39, 0.29) is 0 Å². The first-order valence-corrected chi connectivity index (χ1v) is 3.79. The summed E-state index contributed by atoms with van der Waals surface area (Å²) in [6.07, 6.45) is 0. The van der Waals surface area contributed by atoms with Gasteiger partial charge in [-0.25, -0.2) is 8.78 Å². The Morgan fingerprint density at radius 1 is 1.50 bits per heavy atom. The first kappa shape index (κ1) is 12.8. The number of carboxylic acid groups (broad SMARTS) is 1. The third kappa shape index (κ3) is 4.13. The largest absolute Gasteiger partial charge is 0.481 e. The summed E-state index contributed by atoms with van der Waals surface area (Å²) >= 11 is 0. The molecule has 7 heteroatoms. The van der Waals surface area contributed by atoms with Gasteiger partial charge in [0.1, 0.15) is 12.5 Å². The van der Waals surface area contributed by atoms with Crippen LogP contribution in [0.15, 0.2) is 0 Å². The third-order valence-corrected chi connectivity index (χ3v) is 1.52. The summed E-state index contributed by atoms with van der Waals surface area (Å²) in [7, 11) is 0. The molecule has 0 saturated heterocycles. The standard InChI is InChI=1S/C7H11F2NO4/c1-4(6(13)14)5(12)10-2-7(8,9)3-11/h4,11H,2-3H2,1H3,(H,10,12)(H,13,14). The van der Waals surface area contributed by atoms with E-state index in [1.807, 2.05) is 0 Å². The Bertz CT molecular complexity index is 232. The van der Waals surface area contributed by atoms with Crippen LogP contribution in [0.2, 0.25) is 0 Å². The normalized spacial score (nSPS) is 13.4. The smallest absolute Gasteiger partial charge is 0.315 e. The van der Waals surface area contributed by atoms with Gasteiger partial charge in [-0.1, -0.05) is 0 Å². The second-order valence-corrected chi connectivity index (χ2v) is 2.79. The number of nitrogens with one attached hydrogen (secondary N) is 1. The van der Waals surface area contributed by atoms with E-state index in [1.165, 1.54) is 0 Å². The zero-order chi connectivity index (χ0) is 11.4. The maximum absolute atomic E-state index is 12.4. The molecule has 3 N–H and O–H groups in total. The predicted molar refractivity (Wildman–Crippen MR) is 41.8 cm³/mol. The van der Waals surface area contributed by atoms with Crippen molar-refractivity contribution in [3.63, 3.8) is 0 Å². The number of halogens is 2. The van der Waals surface area contributed by atoms with E-state index in [9.17, 15) is 18.4 Å². The van der Waals surface area contributed by atoms with Crippen molar-refractivity contribution in [1.29, 1.82) is 0 Å². The Hall–Kier alpha value is -1.24. The molecule has 0 saturated carbocycles. The molecule has 0 bridgehead atoms. The summed E-state index contributed by atoms with van der Waals surface area (Å²) in [5.41, 5.74) is 0. The summed E-state index contributed by atoms with van der Waals surface area (Å²) in [6.45, 7) is -1.39. The first-order valence-electron chi connectivity index (χ1n) is 3.79. The molecule has 0 radical (unpaired) electrons. The van der Waals surface area contributed by atoms with Gasteiger partial charge >= 0.3 is 5.97 Å². The molecule has 0 aliphatic rings. The van der Waals surface area contributed by atoms with E-state index < -0.39 is 36.9 Å². The van der Waals surface area contributed by atoms with Crippen LogP contribution in [0.5, 0.6) is 0 Å². The lowest BCUT2D eigenvalue weighted by molar-refractivity contribution is -0.147. The molecule has 14 heavy (non-hydrogen) atoms. The Balaban J connectivity index is 4.03. The zero-order valence-electron chi connectivity index (χ0n) is 7.46. The summed E-state index contributed by atoms with van der Waals surface area (Å²) in [6, 6.07) is 0. The van der Waals surface area contributed by atoms with Crippen LogP contribution in [0.4, 0.5) is 8.78 Å². The number of aliphatic hydroxyl groups excluding tert-OH is 1. The molecule has 0 aromatic rings. The topological polar surface area (TPSA) is 86.6 Å². The summed E-state index contributed by atoms with van der Waals surface area (Å²) in [4.78, 5) is 21.1. The maximum Gasteiger partial charge on any atom is 0.315 e. The van der Waals surface area contributed by atoms with Crippen molar-refractivity contribution >= 4 is 11.9 Å². The van der Waals surface area contributed by atoms with E-state index >= 15 is 0 Å². The van der Waals surface area contributed by atoms with Gasteiger partial charge in [-0.3, -0.25) is 9.59 Å². The quantitative estimate of drug-likeness (QED) is 0.532. The minimum absolute atomic E-state index is 1.01. The second kappa shape index (κ2) is 4.85. The fourth-order valence-electron chi connectivity index (χ4n) is 0.538. The summed E-state index contributed by atoms with van der Waals surface area (Å²) in [5, 5.41) is 18.2. The molecule has 1 atom stereocenters. The van der Waals surface area contributed by atoms with Gasteiger partial charge in [0.25, 0.3) is 5.92 Å². The van der Waals surface area contributed by atoms with Crippen LogP contribution in [-0.4, -0.2) is 41.2 Å². The van der Waals surface area contributed by atoms with Crippen molar-refractivity contribution in [1.82, 2.24) is 5.32 Å². The molecular weight excluding hydrogens is 200 g/mol. The highest BCUT2D eigenvalue weighted by Crippen LogP contribution is 2.10. The van der Waals surface area contributed by atoms with Crippen molar-refractivity contribution < 1.29 is 28.6 Å². The van der Waals surface area contributed by atoms with Gasteiger partial charge in [0, 0.05) is 0 Å². The third-order valence-electron chi connectivity index (χ3n) is 1.52. The number of carbonyl (C=O) groups excluding carboxylic acids is 1. The molecule has 0 spiro atoms. The van der Waals surface area contributed by atoms with Gasteiger partial charge in [0.2, 0.25) is 5.91 Å². The highest BCUT2D eigenvalue weighted by atomic mass is 19.3.